The van der Waals surface area contributed by atoms with Crippen LogP contribution in [0.2, 0.25) is 0 Å². The van der Waals surface area contributed by atoms with E-state index < -0.39 is 36.2 Å². The summed E-state index contributed by atoms with van der Waals surface area (Å²) in [6.45, 7) is 1.68. The predicted molar refractivity (Wildman–Crippen MR) is 59.7 cm³/mol. The van der Waals surface area contributed by atoms with E-state index in [-0.39, 0.29) is 24.2 Å². The van der Waals surface area contributed by atoms with Gasteiger partial charge in [-0.3, -0.25) is 0 Å². The number of aliphatic hydroxyl groups is 1. The molecule has 2 fully saturated rings. The Morgan fingerprint density at radius 3 is 1.70 bits per heavy atom. The van der Waals surface area contributed by atoms with Crippen LogP contribution in [-0.2, 0) is 0 Å². The van der Waals surface area contributed by atoms with Gasteiger partial charge in [-0.15, -0.1) is 0 Å². The van der Waals surface area contributed by atoms with Crippen LogP contribution in [0.4, 0.5) is 26.3 Å². The fraction of sp³-hybridized carbons (Fsp3) is 1.00. The zero-order valence-electron chi connectivity index (χ0n) is 11.2. The van der Waals surface area contributed by atoms with E-state index in [1.54, 1.807) is 6.92 Å². The molecule has 2 bridgehead atoms. The number of hydrogen-bond acceptors (Lipinski definition) is 1. The Morgan fingerprint density at radius 1 is 0.900 bits per heavy atom. The lowest BCUT2D eigenvalue weighted by atomic mass is 9.63. The number of halogens is 6. The summed E-state index contributed by atoms with van der Waals surface area (Å²) in [7, 11) is 0. The van der Waals surface area contributed by atoms with Crippen molar-refractivity contribution in [2.45, 2.75) is 39.0 Å². The van der Waals surface area contributed by atoms with Crippen molar-refractivity contribution in [3.8, 4) is 0 Å². The number of rotatable bonds is 2. The summed E-state index contributed by atoms with van der Waals surface area (Å²) in [4.78, 5) is 0. The Morgan fingerprint density at radius 2 is 1.40 bits per heavy atom. The molecule has 1 N–H and O–H groups in total. The highest BCUT2D eigenvalue weighted by atomic mass is 19.4. The standard InChI is InChI=1S/C13H18F6O/c1-6-7(2)9-3-8(6)4-10(9)11(5-20,12(14,15)16)13(17,18)19/h6-10,20H,3-5H2,1-2H3. The first-order valence-corrected chi connectivity index (χ1v) is 6.71. The fourth-order valence-corrected chi connectivity index (χ4v) is 4.38. The number of hydrogen-bond donors (Lipinski definition) is 1. The van der Waals surface area contributed by atoms with Gasteiger partial charge in [-0.25, -0.2) is 0 Å². The minimum Gasteiger partial charge on any atom is -0.395 e. The molecule has 2 aliphatic carbocycles. The molecule has 2 aliphatic rings. The summed E-state index contributed by atoms with van der Waals surface area (Å²) in [6.07, 6.45) is -10.7. The minimum atomic E-state index is -5.49. The third-order valence-electron chi connectivity index (χ3n) is 5.79. The van der Waals surface area contributed by atoms with E-state index in [4.69, 9.17) is 5.11 Å². The molecule has 20 heavy (non-hydrogen) atoms. The van der Waals surface area contributed by atoms with Crippen molar-refractivity contribution < 1.29 is 31.4 Å². The maximum absolute atomic E-state index is 13.2. The Hall–Kier alpha value is -0.460. The molecule has 0 radical (unpaired) electrons. The van der Waals surface area contributed by atoms with E-state index >= 15 is 0 Å². The van der Waals surface area contributed by atoms with E-state index in [1.807, 2.05) is 6.92 Å². The van der Waals surface area contributed by atoms with Crippen molar-refractivity contribution in [3.63, 3.8) is 0 Å². The molecule has 0 amide bonds. The molecule has 0 heterocycles. The van der Waals surface area contributed by atoms with Crippen molar-refractivity contribution in [1.82, 2.24) is 0 Å². The molecular weight excluding hydrogens is 286 g/mol. The molecule has 0 aromatic heterocycles. The van der Waals surface area contributed by atoms with Gasteiger partial charge >= 0.3 is 12.4 Å². The van der Waals surface area contributed by atoms with Crippen LogP contribution in [0.15, 0.2) is 0 Å². The van der Waals surface area contributed by atoms with Gasteiger partial charge < -0.3 is 5.11 Å². The Kier molecular flexibility index (Phi) is 3.59. The molecule has 0 aromatic carbocycles. The molecule has 0 spiro atoms. The number of aliphatic hydroxyl groups excluding tert-OH is 1. The second-order valence-corrected chi connectivity index (χ2v) is 6.35. The van der Waals surface area contributed by atoms with E-state index in [2.05, 4.69) is 0 Å². The second-order valence-electron chi connectivity index (χ2n) is 6.35. The zero-order valence-corrected chi connectivity index (χ0v) is 11.2. The Balaban J connectivity index is 2.45. The largest absolute Gasteiger partial charge is 0.405 e. The summed E-state index contributed by atoms with van der Waals surface area (Å²) in [5.74, 6) is -2.31. The van der Waals surface area contributed by atoms with Gasteiger partial charge in [0.25, 0.3) is 0 Å². The first-order chi connectivity index (χ1) is 8.97. The van der Waals surface area contributed by atoms with Crippen LogP contribution in [-0.4, -0.2) is 24.1 Å². The summed E-state index contributed by atoms with van der Waals surface area (Å²) in [5.41, 5.74) is -3.98. The summed E-state index contributed by atoms with van der Waals surface area (Å²) < 4.78 is 79.2. The van der Waals surface area contributed by atoms with Crippen LogP contribution in [0.3, 0.4) is 0 Å². The lowest BCUT2D eigenvalue weighted by Crippen LogP contribution is -2.59. The monoisotopic (exact) mass is 304 g/mol. The molecule has 2 rings (SSSR count). The molecule has 7 heteroatoms. The van der Waals surface area contributed by atoms with E-state index in [1.165, 1.54) is 0 Å². The highest BCUT2D eigenvalue weighted by molar-refractivity contribution is 5.08. The van der Waals surface area contributed by atoms with Crippen molar-refractivity contribution in [1.29, 1.82) is 0 Å². The van der Waals surface area contributed by atoms with Crippen molar-refractivity contribution in [2.75, 3.05) is 6.61 Å². The molecule has 118 valence electrons. The van der Waals surface area contributed by atoms with Gasteiger partial charge in [-0.05, 0) is 42.4 Å². The number of alkyl halides is 6. The molecule has 0 aliphatic heterocycles. The van der Waals surface area contributed by atoms with Crippen LogP contribution >= 0.6 is 0 Å². The maximum Gasteiger partial charge on any atom is 0.405 e. The average Bonchev–Trinajstić information content (AvgIpc) is 2.78. The summed E-state index contributed by atoms with van der Waals surface area (Å²) >= 11 is 0. The highest BCUT2D eigenvalue weighted by Crippen LogP contribution is 2.66. The first kappa shape index (κ1) is 15.9. The van der Waals surface area contributed by atoms with E-state index in [0.29, 0.717) is 6.42 Å². The average molecular weight is 304 g/mol. The minimum absolute atomic E-state index is 0.101. The van der Waals surface area contributed by atoms with Crippen LogP contribution in [0.1, 0.15) is 26.7 Å². The Labute approximate surface area is 113 Å². The van der Waals surface area contributed by atoms with Crippen LogP contribution < -0.4 is 0 Å². The predicted octanol–water partition coefficient (Wildman–Crippen LogP) is 4.02. The molecule has 0 aromatic rings. The zero-order chi connectivity index (χ0) is 15.5. The second kappa shape index (κ2) is 4.52. The van der Waals surface area contributed by atoms with Crippen LogP contribution in [0.25, 0.3) is 0 Å². The topological polar surface area (TPSA) is 20.2 Å². The van der Waals surface area contributed by atoms with Gasteiger partial charge in [0.15, 0.2) is 5.41 Å². The molecule has 2 saturated carbocycles. The fourth-order valence-electron chi connectivity index (χ4n) is 4.38. The van der Waals surface area contributed by atoms with Crippen molar-refractivity contribution >= 4 is 0 Å². The first-order valence-electron chi connectivity index (χ1n) is 6.71. The van der Waals surface area contributed by atoms with Gasteiger partial charge in [0.2, 0.25) is 0 Å². The molecular formula is C13H18F6O. The van der Waals surface area contributed by atoms with Gasteiger partial charge in [-0.2, -0.15) is 26.3 Å². The third kappa shape index (κ3) is 1.88. The highest BCUT2D eigenvalue weighted by Gasteiger charge is 2.76. The smallest absolute Gasteiger partial charge is 0.395 e. The van der Waals surface area contributed by atoms with E-state index in [0.717, 1.165) is 0 Å². The third-order valence-corrected chi connectivity index (χ3v) is 5.79. The van der Waals surface area contributed by atoms with Crippen LogP contribution in [0, 0.1) is 35.0 Å². The normalized spacial score (nSPS) is 38.5. The van der Waals surface area contributed by atoms with E-state index in [9.17, 15) is 26.3 Å². The molecule has 1 nitrogen and oxygen atoms in total. The summed E-state index contributed by atoms with van der Waals surface area (Å²) in [5, 5.41) is 9.05. The van der Waals surface area contributed by atoms with Gasteiger partial charge in [-0.1, -0.05) is 13.8 Å². The Bertz CT molecular complexity index is 358. The molecule has 5 atom stereocenters. The molecule has 5 unspecified atom stereocenters. The lowest BCUT2D eigenvalue weighted by molar-refractivity contribution is -0.372. The lowest BCUT2D eigenvalue weighted by Gasteiger charge is -2.46. The van der Waals surface area contributed by atoms with Gasteiger partial charge in [0.1, 0.15) is 0 Å². The van der Waals surface area contributed by atoms with Crippen molar-refractivity contribution in [2.24, 2.45) is 35.0 Å². The van der Waals surface area contributed by atoms with Crippen LogP contribution in [0.5, 0.6) is 0 Å². The number of fused-ring (bicyclic) bond motifs is 2. The quantitative estimate of drug-likeness (QED) is 0.764. The SMILES string of the molecule is CC1C2CC(C1C)C(C(CO)(C(F)(F)F)C(F)(F)F)C2. The van der Waals surface area contributed by atoms with Gasteiger partial charge in [0.05, 0.1) is 6.61 Å². The molecule has 0 saturated heterocycles. The maximum atomic E-state index is 13.2. The summed E-state index contributed by atoms with van der Waals surface area (Å²) in [6, 6.07) is 0. The van der Waals surface area contributed by atoms with Gasteiger partial charge in [0, 0.05) is 0 Å². The van der Waals surface area contributed by atoms with Crippen molar-refractivity contribution in [3.05, 3.63) is 0 Å².